The fraction of sp³-hybridized carbons (Fsp3) is 0.259. The zero-order chi connectivity index (χ0) is 25.0. The van der Waals surface area contributed by atoms with Crippen molar-refractivity contribution in [2.24, 2.45) is 5.92 Å². The number of ether oxygens (including phenoxy) is 1. The first-order valence-corrected chi connectivity index (χ1v) is 12.9. The summed E-state index contributed by atoms with van der Waals surface area (Å²) in [6.45, 7) is 3.60. The molecule has 1 aliphatic rings. The van der Waals surface area contributed by atoms with E-state index in [0.717, 1.165) is 16.0 Å². The zero-order valence-electron chi connectivity index (χ0n) is 19.6. The maximum Gasteiger partial charge on any atom is 0.416 e. The van der Waals surface area contributed by atoms with E-state index < -0.39 is 40.0 Å². The quantitative estimate of drug-likeness (QED) is 0.508. The van der Waals surface area contributed by atoms with Gasteiger partial charge >= 0.3 is 6.09 Å². The molecule has 8 heteroatoms. The first-order valence-electron chi connectivity index (χ1n) is 11.4. The van der Waals surface area contributed by atoms with Crippen LogP contribution in [-0.4, -0.2) is 38.0 Å². The van der Waals surface area contributed by atoms with Gasteiger partial charge in [0.25, 0.3) is 0 Å². The van der Waals surface area contributed by atoms with Gasteiger partial charge in [0.15, 0.2) is 0 Å². The standard InChI is InChI=1S/C27H28N2O5S/c1-19-13-15-24(16-14-19)35(32,33)28-25(22-11-7-4-8-12-22)20(2)26(30)29-23(18-34-27(29)31)17-21-9-5-3-6-10-21/h3-16,20,23,25,28H,17-18H2,1-2H3/t20?,23-,25-/m0/s1. The van der Waals surface area contributed by atoms with Gasteiger partial charge in [-0.25, -0.2) is 22.8 Å². The van der Waals surface area contributed by atoms with Crippen LogP contribution in [0.1, 0.15) is 29.7 Å². The Bertz CT molecular complexity index is 1280. The zero-order valence-corrected chi connectivity index (χ0v) is 20.4. The number of hydrogen-bond acceptors (Lipinski definition) is 5. The molecule has 0 spiro atoms. The lowest BCUT2D eigenvalue weighted by Gasteiger charge is -2.29. The first-order chi connectivity index (χ1) is 16.8. The smallest absolute Gasteiger partial charge is 0.416 e. The van der Waals surface area contributed by atoms with E-state index in [2.05, 4.69) is 4.72 Å². The van der Waals surface area contributed by atoms with Gasteiger partial charge in [0.2, 0.25) is 15.9 Å². The summed E-state index contributed by atoms with van der Waals surface area (Å²) in [5.74, 6) is -1.37. The number of hydrogen-bond donors (Lipinski definition) is 1. The van der Waals surface area contributed by atoms with Crippen LogP contribution in [0.15, 0.2) is 89.8 Å². The molecule has 7 nitrogen and oxygen atoms in total. The molecule has 0 aliphatic carbocycles. The summed E-state index contributed by atoms with van der Waals surface area (Å²) in [7, 11) is -3.94. The van der Waals surface area contributed by atoms with Crippen LogP contribution in [0.25, 0.3) is 0 Å². The molecule has 1 heterocycles. The molecule has 0 bridgehead atoms. The molecule has 0 saturated carbocycles. The van der Waals surface area contributed by atoms with Gasteiger partial charge in [-0.15, -0.1) is 0 Å². The highest BCUT2D eigenvalue weighted by Crippen LogP contribution is 2.29. The molecule has 1 unspecified atom stereocenters. The molecular weight excluding hydrogens is 464 g/mol. The highest BCUT2D eigenvalue weighted by molar-refractivity contribution is 7.89. The van der Waals surface area contributed by atoms with Crippen molar-refractivity contribution < 1.29 is 22.7 Å². The number of amides is 2. The number of nitrogens with zero attached hydrogens (tertiary/aromatic N) is 1. The average Bonchev–Trinajstić information content (AvgIpc) is 3.22. The molecule has 1 N–H and O–H groups in total. The van der Waals surface area contributed by atoms with Crippen LogP contribution in [0.2, 0.25) is 0 Å². The Morgan fingerprint density at radius 1 is 1.00 bits per heavy atom. The van der Waals surface area contributed by atoms with Crippen molar-refractivity contribution in [3.05, 3.63) is 102 Å². The van der Waals surface area contributed by atoms with Crippen LogP contribution in [-0.2, 0) is 26.0 Å². The van der Waals surface area contributed by atoms with E-state index in [4.69, 9.17) is 4.74 Å². The number of cyclic esters (lactones) is 1. The van der Waals surface area contributed by atoms with E-state index in [1.807, 2.05) is 43.3 Å². The summed E-state index contributed by atoms with van der Waals surface area (Å²) in [6.07, 6.45) is -0.258. The molecule has 3 aromatic carbocycles. The number of sulfonamides is 1. The summed E-state index contributed by atoms with van der Waals surface area (Å²) >= 11 is 0. The second-order valence-electron chi connectivity index (χ2n) is 8.74. The van der Waals surface area contributed by atoms with E-state index in [9.17, 15) is 18.0 Å². The molecule has 1 fully saturated rings. The molecule has 4 rings (SSSR count). The normalized spacial score (nSPS) is 17.6. The maximum atomic E-state index is 13.6. The van der Waals surface area contributed by atoms with E-state index >= 15 is 0 Å². The Balaban J connectivity index is 1.62. The fourth-order valence-corrected chi connectivity index (χ4v) is 5.51. The molecule has 0 aromatic heterocycles. The van der Waals surface area contributed by atoms with E-state index in [0.29, 0.717) is 12.0 Å². The largest absolute Gasteiger partial charge is 0.447 e. The van der Waals surface area contributed by atoms with Crippen molar-refractivity contribution in [2.75, 3.05) is 6.61 Å². The van der Waals surface area contributed by atoms with Crippen LogP contribution >= 0.6 is 0 Å². The third kappa shape index (κ3) is 5.61. The Kier molecular flexibility index (Phi) is 7.33. The number of nitrogens with one attached hydrogen (secondary N) is 1. The summed E-state index contributed by atoms with van der Waals surface area (Å²) in [4.78, 5) is 27.4. The SMILES string of the molecule is Cc1ccc(S(=O)(=O)N[C@H](c2ccccc2)C(C)C(=O)N2C(=O)OC[C@@H]2Cc2ccccc2)cc1. The monoisotopic (exact) mass is 492 g/mol. The predicted molar refractivity (Wildman–Crippen MR) is 132 cm³/mol. The summed E-state index contributed by atoms with van der Waals surface area (Å²) in [5, 5.41) is 0. The summed E-state index contributed by atoms with van der Waals surface area (Å²) in [6, 6.07) is 23.6. The highest BCUT2D eigenvalue weighted by Gasteiger charge is 2.42. The lowest BCUT2D eigenvalue weighted by Crippen LogP contribution is -2.46. The lowest BCUT2D eigenvalue weighted by atomic mass is 9.93. The summed E-state index contributed by atoms with van der Waals surface area (Å²) < 4.78 is 34.4. The maximum absolute atomic E-state index is 13.6. The van der Waals surface area contributed by atoms with Crippen LogP contribution in [0.5, 0.6) is 0 Å². The molecule has 1 saturated heterocycles. The van der Waals surface area contributed by atoms with Crippen LogP contribution < -0.4 is 4.72 Å². The molecular formula is C27H28N2O5S. The third-order valence-electron chi connectivity index (χ3n) is 6.17. The minimum absolute atomic E-state index is 0.0945. The molecule has 182 valence electrons. The molecule has 3 aromatic rings. The topological polar surface area (TPSA) is 92.8 Å². The second kappa shape index (κ2) is 10.4. The van der Waals surface area contributed by atoms with Crippen LogP contribution in [0.4, 0.5) is 4.79 Å². The van der Waals surface area contributed by atoms with Crippen molar-refractivity contribution in [1.82, 2.24) is 9.62 Å². The fourth-order valence-electron chi connectivity index (χ4n) is 4.20. The first kappa shape index (κ1) is 24.6. The number of aryl methyl sites for hydroxylation is 1. The lowest BCUT2D eigenvalue weighted by molar-refractivity contribution is -0.133. The van der Waals surface area contributed by atoms with E-state index in [-0.39, 0.29) is 11.5 Å². The number of rotatable bonds is 8. The number of carbonyl (C=O) groups excluding carboxylic acids is 2. The number of carbonyl (C=O) groups is 2. The van der Waals surface area contributed by atoms with E-state index in [1.165, 1.54) is 12.1 Å². The molecule has 1 aliphatic heterocycles. The highest BCUT2D eigenvalue weighted by atomic mass is 32.2. The van der Waals surface area contributed by atoms with Crippen LogP contribution in [0, 0.1) is 12.8 Å². The van der Waals surface area contributed by atoms with Crippen molar-refractivity contribution in [1.29, 1.82) is 0 Å². The van der Waals surface area contributed by atoms with Gasteiger partial charge in [-0.3, -0.25) is 4.79 Å². The van der Waals surface area contributed by atoms with Crippen LogP contribution in [0.3, 0.4) is 0 Å². The van der Waals surface area contributed by atoms with Gasteiger partial charge < -0.3 is 4.74 Å². The Morgan fingerprint density at radius 2 is 1.60 bits per heavy atom. The van der Waals surface area contributed by atoms with Gasteiger partial charge in [0, 0.05) is 0 Å². The molecule has 0 radical (unpaired) electrons. The van der Waals surface area contributed by atoms with Gasteiger partial charge in [-0.05, 0) is 36.6 Å². The van der Waals surface area contributed by atoms with Gasteiger partial charge in [-0.1, -0.05) is 85.3 Å². The van der Waals surface area contributed by atoms with Crippen molar-refractivity contribution >= 4 is 22.0 Å². The van der Waals surface area contributed by atoms with Crippen molar-refractivity contribution in [3.63, 3.8) is 0 Å². The summed E-state index contributed by atoms with van der Waals surface area (Å²) in [5.41, 5.74) is 2.53. The Morgan fingerprint density at radius 3 is 2.23 bits per heavy atom. The third-order valence-corrected chi connectivity index (χ3v) is 7.63. The predicted octanol–water partition coefficient (Wildman–Crippen LogP) is 4.24. The molecule has 3 atom stereocenters. The van der Waals surface area contributed by atoms with Gasteiger partial charge in [0.1, 0.15) is 6.61 Å². The van der Waals surface area contributed by atoms with Gasteiger partial charge in [0.05, 0.1) is 22.9 Å². The van der Waals surface area contributed by atoms with Gasteiger partial charge in [-0.2, -0.15) is 0 Å². The Hall–Kier alpha value is -3.49. The van der Waals surface area contributed by atoms with Crippen molar-refractivity contribution in [3.8, 4) is 0 Å². The van der Waals surface area contributed by atoms with E-state index in [1.54, 1.807) is 43.3 Å². The average molecular weight is 493 g/mol. The Labute approximate surface area is 205 Å². The minimum atomic E-state index is -3.94. The minimum Gasteiger partial charge on any atom is -0.447 e. The number of imide groups is 1. The molecule has 35 heavy (non-hydrogen) atoms. The molecule has 2 amide bonds. The second-order valence-corrected chi connectivity index (χ2v) is 10.5. The number of benzene rings is 3. The van der Waals surface area contributed by atoms with Crippen molar-refractivity contribution in [2.45, 2.75) is 37.2 Å².